The molecule has 2 fully saturated rings. The number of hydrogen-bond acceptors (Lipinski definition) is 3. The Labute approximate surface area is 139 Å². The number of hydrogen-bond donors (Lipinski definition) is 2. The van der Waals surface area contributed by atoms with Gasteiger partial charge in [0.25, 0.3) is 0 Å². The first kappa shape index (κ1) is 16.7. The maximum absolute atomic E-state index is 10.1. The number of aliphatic hydroxyl groups is 1. The van der Waals surface area contributed by atoms with Crippen LogP contribution in [0.1, 0.15) is 43.6 Å². The van der Waals surface area contributed by atoms with Crippen molar-refractivity contribution >= 4 is 0 Å². The Morgan fingerprint density at radius 1 is 1.09 bits per heavy atom. The van der Waals surface area contributed by atoms with Crippen molar-refractivity contribution in [2.45, 2.75) is 44.1 Å². The minimum atomic E-state index is -0.416. The van der Waals surface area contributed by atoms with Crippen molar-refractivity contribution < 1.29 is 19.5 Å². The van der Waals surface area contributed by atoms with Gasteiger partial charge in [0.1, 0.15) is 38.1 Å². The Bertz CT molecular complexity index is 450. The summed E-state index contributed by atoms with van der Waals surface area (Å²) in [6.07, 6.45) is 6.34. The maximum Gasteiger partial charge on any atom is 0.137 e. The van der Waals surface area contributed by atoms with E-state index in [-0.39, 0.29) is 0 Å². The van der Waals surface area contributed by atoms with Gasteiger partial charge in [0.2, 0.25) is 0 Å². The van der Waals surface area contributed by atoms with Crippen molar-refractivity contribution in [1.29, 1.82) is 0 Å². The molecule has 1 heterocycles. The van der Waals surface area contributed by atoms with Gasteiger partial charge in [0.05, 0.1) is 13.2 Å². The van der Waals surface area contributed by atoms with Crippen LogP contribution in [0.3, 0.4) is 0 Å². The molecule has 1 aromatic carbocycles. The van der Waals surface area contributed by atoms with Crippen LogP contribution in [-0.4, -0.2) is 50.7 Å². The first-order valence-corrected chi connectivity index (χ1v) is 9.13. The van der Waals surface area contributed by atoms with E-state index in [2.05, 4.69) is 24.3 Å². The van der Waals surface area contributed by atoms with E-state index in [1.807, 2.05) is 0 Å². The molecule has 0 bridgehead atoms. The average molecular weight is 320 g/mol. The monoisotopic (exact) mass is 320 g/mol. The van der Waals surface area contributed by atoms with Crippen LogP contribution in [0.25, 0.3) is 0 Å². The first-order valence-electron chi connectivity index (χ1n) is 9.13. The van der Waals surface area contributed by atoms with E-state index in [1.54, 1.807) is 0 Å². The third-order valence-corrected chi connectivity index (χ3v) is 5.12. The Kier molecular flexibility index (Phi) is 6.31. The lowest BCUT2D eigenvalue weighted by atomic mass is 9.84. The molecule has 1 aromatic rings. The largest absolute Gasteiger partial charge is 0.491 e. The molecule has 1 atom stereocenters. The smallest absolute Gasteiger partial charge is 0.137 e. The Hall–Kier alpha value is -1.10. The van der Waals surface area contributed by atoms with Crippen molar-refractivity contribution in [2.75, 3.05) is 39.5 Å². The molecule has 1 aliphatic carbocycles. The zero-order valence-electron chi connectivity index (χ0n) is 14.0. The lowest BCUT2D eigenvalue weighted by Gasteiger charge is -2.25. The highest BCUT2D eigenvalue weighted by Gasteiger charge is 2.19. The highest BCUT2D eigenvalue weighted by atomic mass is 16.5. The Morgan fingerprint density at radius 2 is 1.78 bits per heavy atom. The number of benzene rings is 1. The second kappa shape index (κ2) is 8.67. The van der Waals surface area contributed by atoms with Crippen LogP contribution in [-0.2, 0) is 4.74 Å². The van der Waals surface area contributed by atoms with Gasteiger partial charge < -0.3 is 19.5 Å². The third kappa shape index (κ3) is 5.20. The molecule has 128 valence electrons. The summed E-state index contributed by atoms with van der Waals surface area (Å²) >= 11 is 0. The minimum Gasteiger partial charge on any atom is -0.491 e. The summed E-state index contributed by atoms with van der Waals surface area (Å²) in [6.45, 7) is 4.66. The van der Waals surface area contributed by atoms with E-state index >= 15 is 0 Å². The standard InChI is InChI=1S/C19H29NO3/c21-18(14-20-10-12-22-13-11-20)15-23-19-8-6-17(7-9-19)16-4-2-1-3-5-16/h6-9,16,18,21H,1-5,10-15H2/p+1/t18-/m0/s1. The number of rotatable bonds is 6. The Balaban J connectivity index is 1.42. The van der Waals surface area contributed by atoms with E-state index in [0.29, 0.717) is 6.61 Å². The van der Waals surface area contributed by atoms with Crippen molar-refractivity contribution in [2.24, 2.45) is 0 Å². The van der Waals surface area contributed by atoms with Gasteiger partial charge in [-0.15, -0.1) is 0 Å². The van der Waals surface area contributed by atoms with Gasteiger partial charge in [-0.25, -0.2) is 0 Å². The predicted octanol–water partition coefficient (Wildman–Crippen LogP) is 1.39. The predicted molar refractivity (Wildman–Crippen MR) is 90.2 cm³/mol. The Morgan fingerprint density at radius 3 is 2.48 bits per heavy atom. The van der Waals surface area contributed by atoms with E-state index in [9.17, 15) is 5.11 Å². The van der Waals surface area contributed by atoms with Gasteiger partial charge in [-0.05, 0) is 36.5 Å². The van der Waals surface area contributed by atoms with Gasteiger partial charge >= 0.3 is 0 Å². The van der Waals surface area contributed by atoms with E-state index in [0.717, 1.165) is 44.5 Å². The zero-order valence-corrected chi connectivity index (χ0v) is 14.0. The van der Waals surface area contributed by atoms with Crippen LogP contribution in [0, 0.1) is 0 Å². The molecular formula is C19H30NO3+. The SMILES string of the molecule is O[C@H](COc1ccc(C2CCCCC2)cc1)C[NH+]1CCOCC1. The van der Waals surface area contributed by atoms with E-state index < -0.39 is 6.10 Å². The van der Waals surface area contributed by atoms with E-state index in [1.165, 1.54) is 42.6 Å². The molecule has 1 saturated heterocycles. The van der Waals surface area contributed by atoms with Crippen LogP contribution in [0.2, 0.25) is 0 Å². The van der Waals surface area contributed by atoms with Crippen LogP contribution in [0.4, 0.5) is 0 Å². The molecule has 2 aliphatic rings. The molecule has 0 radical (unpaired) electrons. The quantitative estimate of drug-likeness (QED) is 0.832. The zero-order chi connectivity index (χ0) is 15.9. The van der Waals surface area contributed by atoms with Gasteiger partial charge in [0.15, 0.2) is 0 Å². The van der Waals surface area contributed by atoms with Gasteiger partial charge in [-0.3, -0.25) is 0 Å². The molecule has 3 rings (SSSR count). The molecule has 4 nitrogen and oxygen atoms in total. The highest BCUT2D eigenvalue weighted by Crippen LogP contribution is 2.33. The molecule has 0 amide bonds. The number of quaternary nitrogens is 1. The number of morpholine rings is 1. The molecule has 4 heteroatoms. The lowest BCUT2D eigenvalue weighted by molar-refractivity contribution is -0.911. The molecular weight excluding hydrogens is 290 g/mol. The van der Waals surface area contributed by atoms with Crippen LogP contribution < -0.4 is 9.64 Å². The first-order chi connectivity index (χ1) is 11.3. The summed E-state index contributed by atoms with van der Waals surface area (Å²) < 4.78 is 11.1. The number of ether oxygens (including phenoxy) is 2. The van der Waals surface area contributed by atoms with Crippen LogP contribution >= 0.6 is 0 Å². The fourth-order valence-corrected chi connectivity index (χ4v) is 3.72. The molecule has 1 aliphatic heterocycles. The second-order valence-electron chi connectivity index (χ2n) is 6.94. The molecule has 0 unspecified atom stereocenters. The van der Waals surface area contributed by atoms with Crippen molar-refractivity contribution in [1.82, 2.24) is 0 Å². The maximum atomic E-state index is 10.1. The van der Waals surface area contributed by atoms with Gasteiger partial charge in [-0.1, -0.05) is 31.4 Å². The lowest BCUT2D eigenvalue weighted by Crippen LogP contribution is -3.15. The second-order valence-corrected chi connectivity index (χ2v) is 6.94. The van der Waals surface area contributed by atoms with Crippen molar-refractivity contribution in [3.05, 3.63) is 29.8 Å². The van der Waals surface area contributed by atoms with Crippen LogP contribution in [0.15, 0.2) is 24.3 Å². The highest BCUT2D eigenvalue weighted by molar-refractivity contribution is 5.29. The molecule has 23 heavy (non-hydrogen) atoms. The number of nitrogens with one attached hydrogen (secondary N) is 1. The summed E-state index contributed by atoms with van der Waals surface area (Å²) in [5.74, 6) is 1.59. The topological polar surface area (TPSA) is 43.1 Å². The molecule has 0 spiro atoms. The van der Waals surface area contributed by atoms with E-state index in [4.69, 9.17) is 9.47 Å². The molecule has 1 saturated carbocycles. The molecule has 2 N–H and O–H groups in total. The summed E-state index contributed by atoms with van der Waals surface area (Å²) in [5.41, 5.74) is 1.44. The fraction of sp³-hybridized carbons (Fsp3) is 0.684. The molecule has 0 aromatic heterocycles. The summed E-state index contributed by atoms with van der Waals surface area (Å²) in [5, 5.41) is 10.1. The van der Waals surface area contributed by atoms with Crippen molar-refractivity contribution in [3.8, 4) is 5.75 Å². The van der Waals surface area contributed by atoms with Crippen molar-refractivity contribution in [3.63, 3.8) is 0 Å². The van der Waals surface area contributed by atoms with Gasteiger partial charge in [0, 0.05) is 0 Å². The summed E-state index contributed by atoms with van der Waals surface area (Å²) in [6, 6.07) is 8.51. The third-order valence-electron chi connectivity index (χ3n) is 5.12. The average Bonchev–Trinajstić information content (AvgIpc) is 2.62. The summed E-state index contributed by atoms with van der Waals surface area (Å²) in [4.78, 5) is 1.40. The van der Waals surface area contributed by atoms with Crippen LogP contribution in [0.5, 0.6) is 5.75 Å². The normalized spacial score (nSPS) is 22.0. The van der Waals surface area contributed by atoms with Gasteiger partial charge in [-0.2, -0.15) is 0 Å². The summed E-state index contributed by atoms with van der Waals surface area (Å²) in [7, 11) is 0. The minimum absolute atomic E-state index is 0.368. The fourth-order valence-electron chi connectivity index (χ4n) is 3.72. The number of aliphatic hydroxyl groups excluding tert-OH is 1.